The average Bonchev–Trinajstić information content (AvgIpc) is 3.16. The maximum absolute atomic E-state index is 13.2. The van der Waals surface area contributed by atoms with Crippen LogP contribution in [0.4, 0.5) is 0 Å². The van der Waals surface area contributed by atoms with E-state index in [9.17, 15) is 14.7 Å². The second-order valence-corrected chi connectivity index (χ2v) is 9.20. The Morgan fingerprint density at radius 2 is 1.85 bits per heavy atom. The standard InChI is InChI=1S/C25H25Cl2N3O4/c1-14-22(24(31)28-16-6-4-3-5-7-16)29-30(21-11-8-15(26)12-20(21)27)23(14)18-10-9-17(34-2)13-19(18)25(32)33/h8-13,16H,3-7H2,1-2H3,(H,28,31)(H,32,33). The van der Waals surface area contributed by atoms with Crippen LogP contribution < -0.4 is 10.1 Å². The Morgan fingerprint density at radius 1 is 1.12 bits per heavy atom. The van der Waals surface area contributed by atoms with Gasteiger partial charge < -0.3 is 15.2 Å². The zero-order chi connectivity index (χ0) is 24.4. The highest BCUT2D eigenvalue weighted by molar-refractivity contribution is 6.35. The molecule has 2 N–H and O–H groups in total. The number of hydrogen-bond acceptors (Lipinski definition) is 4. The number of nitrogens with one attached hydrogen (secondary N) is 1. The number of carboxylic acids is 1. The van der Waals surface area contributed by atoms with Crippen molar-refractivity contribution in [2.75, 3.05) is 7.11 Å². The fourth-order valence-corrected chi connectivity index (χ4v) is 4.88. The van der Waals surface area contributed by atoms with Gasteiger partial charge in [-0.05, 0) is 56.2 Å². The molecule has 3 aromatic rings. The van der Waals surface area contributed by atoms with Gasteiger partial charge in [-0.3, -0.25) is 4.79 Å². The summed E-state index contributed by atoms with van der Waals surface area (Å²) in [5, 5.41) is 18.4. The van der Waals surface area contributed by atoms with Gasteiger partial charge in [-0.2, -0.15) is 5.10 Å². The molecule has 1 amide bonds. The lowest BCUT2D eigenvalue weighted by Gasteiger charge is -2.22. The van der Waals surface area contributed by atoms with Gasteiger partial charge >= 0.3 is 5.97 Å². The molecule has 9 heteroatoms. The van der Waals surface area contributed by atoms with Gasteiger partial charge in [0.15, 0.2) is 5.69 Å². The van der Waals surface area contributed by atoms with Crippen molar-refractivity contribution in [1.82, 2.24) is 15.1 Å². The lowest BCUT2D eigenvalue weighted by Crippen LogP contribution is -2.36. The van der Waals surface area contributed by atoms with Gasteiger partial charge in [0, 0.05) is 22.2 Å². The Kier molecular flexibility index (Phi) is 7.14. The summed E-state index contributed by atoms with van der Waals surface area (Å²) in [7, 11) is 1.47. The number of ether oxygens (including phenoxy) is 1. The predicted octanol–water partition coefficient (Wildman–Crippen LogP) is 5.92. The van der Waals surface area contributed by atoms with Crippen LogP contribution in [-0.2, 0) is 0 Å². The molecule has 0 aliphatic heterocycles. The Hall–Kier alpha value is -3.03. The van der Waals surface area contributed by atoms with Crippen LogP contribution in [0.1, 0.15) is 58.5 Å². The minimum atomic E-state index is -1.13. The molecule has 0 radical (unpaired) electrons. The normalized spacial score (nSPS) is 14.1. The average molecular weight is 502 g/mol. The summed E-state index contributed by atoms with van der Waals surface area (Å²) < 4.78 is 6.73. The van der Waals surface area contributed by atoms with Crippen LogP contribution in [-0.4, -0.2) is 39.9 Å². The van der Waals surface area contributed by atoms with Crippen LogP contribution >= 0.6 is 23.2 Å². The maximum atomic E-state index is 13.2. The number of amides is 1. The highest BCUT2D eigenvalue weighted by Gasteiger charge is 2.27. The Bertz CT molecular complexity index is 1250. The van der Waals surface area contributed by atoms with Crippen molar-refractivity contribution in [3.63, 3.8) is 0 Å². The SMILES string of the molecule is COc1ccc(-c2c(C)c(C(=O)NC3CCCCC3)nn2-c2ccc(Cl)cc2Cl)c(C(=O)O)c1. The van der Waals surface area contributed by atoms with Crippen LogP contribution in [0, 0.1) is 6.92 Å². The number of benzene rings is 2. The summed E-state index contributed by atoms with van der Waals surface area (Å²) in [5.41, 5.74) is 2.12. The first-order valence-electron chi connectivity index (χ1n) is 11.1. The number of hydrogen-bond donors (Lipinski definition) is 2. The molecule has 0 atom stereocenters. The molecule has 1 saturated carbocycles. The molecule has 1 fully saturated rings. The van der Waals surface area contributed by atoms with E-state index in [1.165, 1.54) is 24.3 Å². The van der Waals surface area contributed by atoms with E-state index < -0.39 is 5.97 Å². The minimum absolute atomic E-state index is 0.0212. The molecular formula is C25H25Cl2N3O4. The summed E-state index contributed by atoms with van der Waals surface area (Å²) in [6, 6.07) is 9.79. The molecule has 2 aromatic carbocycles. The third-order valence-electron chi connectivity index (χ3n) is 6.13. The van der Waals surface area contributed by atoms with Crippen LogP contribution in [0.25, 0.3) is 16.9 Å². The molecule has 34 heavy (non-hydrogen) atoms. The molecular weight excluding hydrogens is 477 g/mol. The molecule has 0 saturated heterocycles. The van der Waals surface area contributed by atoms with Gasteiger partial charge in [0.1, 0.15) is 5.75 Å². The maximum Gasteiger partial charge on any atom is 0.336 e. The molecule has 4 rings (SSSR count). The fourth-order valence-electron chi connectivity index (χ4n) is 4.39. The predicted molar refractivity (Wildman–Crippen MR) is 132 cm³/mol. The first-order chi connectivity index (χ1) is 16.3. The van der Waals surface area contributed by atoms with Gasteiger partial charge in [-0.25, -0.2) is 9.48 Å². The van der Waals surface area contributed by atoms with Crippen molar-refractivity contribution in [2.24, 2.45) is 0 Å². The lowest BCUT2D eigenvalue weighted by molar-refractivity contribution is 0.0697. The van der Waals surface area contributed by atoms with Gasteiger partial charge in [0.25, 0.3) is 5.91 Å². The topological polar surface area (TPSA) is 93.5 Å². The van der Waals surface area contributed by atoms with Gasteiger partial charge in [-0.15, -0.1) is 0 Å². The fraction of sp³-hybridized carbons (Fsp3) is 0.320. The van der Waals surface area contributed by atoms with E-state index in [0.717, 1.165) is 25.7 Å². The van der Waals surface area contributed by atoms with E-state index in [1.807, 2.05) is 0 Å². The van der Waals surface area contributed by atoms with Crippen LogP contribution in [0.2, 0.25) is 10.0 Å². The zero-order valence-electron chi connectivity index (χ0n) is 18.9. The molecule has 1 aliphatic carbocycles. The minimum Gasteiger partial charge on any atom is -0.497 e. The largest absolute Gasteiger partial charge is 0.497 e. The molecule has 0 unspecified atom stereocenters. The number of carbonyl (C=O) groups excluding carboxylic acids is 1. The molecule has 178 valence electrons. The Balaban J connectivity index is 1.89. The molecule has 1 heterocycles. The summed E-state index contributed by atoms with van der Waals surface area (Å²) in [4.78, 5) is 25.4. The number of halogens is 2. The highest BCUT2D eigenvalue weighted by atomic mass is 35.5. The third kappa shape index (κ3) is 4.76. The quantitative estimate of drug-likeness (QED) is 0.436. The summed E-state index contributed by atoms with van der Waals surface area (Å²) >= 11 is 12.6. The first kappa shape index (κ1) is 24.1. The zero-order valence-corrected chi connectivity index (χ0v) is 20.4. The van der Waals surface area contributed by atoms with Crippen LogP contribution in [0.3, 0.4) is 0 Å². The number of aromatic nitrogens is 2. The van der Waals surface area contributed by atoms with E-state index in [-0.39, 0.29) is 23.2 Å². The number of aromatic carboxylic acids is 1. The number of nitrogens with zero attached hydrogens (tertiary/aromatic N) is 2. The number of carboxylic acid groups (broad SMARTS) is 1. The highest BCUT2D eigenvalue weighted by Crippen LogP contribution is 2.36. The van der Waals surface area contributed by atoms with Gasteiger partial charge in [0.05, 0.1) is 29.1 Å². The molecule has 1 aliphatic rings. The van der Waals surface area contributed by atoms with Crippen molar-refractivity contribution >= 4 is 35.1 Å². The van der Waals surface area contributed by atoms with E-state index >= 15 is 0 Å². The molecule has 1 aromatic heterocycles. The monoisotopic (exact) mass is 501 g/mol. The second kappa shape index (κ2) is 10.1. The number of carbonyl (C=O) groups is 2. The number of rotatable bonds is 6. The summed E-state index contributed by atoms with van der Waals surface area (Å²) in [6.45, 7) is 1.76. The van der Waals surface area contributed by atoms with Crippen molar-refractivity contribution in [3.05, 3.63) is 63.3 Å². The smallest absolute Gasteiger partial charge is 0.336 e. The van der Waals surface area contributed by atoms with Gasteiger partial charge in [0.2, 0.25) is 0 Å². The molecule has 0 bridgehead atoms. The van der Waals surface area contributed by atoms with Crippen molar-refractivity contribution < 1.29 is 19.4 Å². The van der Waals surface area contributed by atoms with Crippen LogP contribution in [0.5, 0.6) is 5.75 Å². The van der Waals surface area contributed by atoms with E-state index in [1.54, 1.807) is 37.3 Å². The van der Waals surface area contributed by atoms with Crippen molar-refractivity contribution in [1.29, 1.82) is 0 Å². The second-order valence-electron chi connectivity index (χ2n) is 8.35. The molecule has 7 nitrogen and oxygen atoms in total. The number of methoxy groups -OCH3 is 1. The third-order valence-corrected chi connectivity index (χ3v) is 6.67. The van der Waals surface area contributed by atoms with E-state index in [4.69, 9.17) is 27.9 Å². The molecule has 0 spiro atoms. The van der Waals surface area contributed by atoms with Crippen molar-refractivity contribution in [2.45, 2.75) is 45.1 Å². The van der Waals surface area contributed by atoms with Crippen LogP contribution in [0.15, 0.2) is 36.4 Å². The Labute approximate surface area is 207 Å². The van der Waals surface area contributed by atoms with E-state index in [2.05, 4.69) is 10.4 Å². The summed E-state index contributed by atoms with van der Waals surface area (Å²) in [6.07, 6.45) is 5.20. The Morgan fingerprint density at radius 3 is 2.50 bits per heavy atom. The van der Waals surface area contributed by atoms with Gasteiger partial charge in [-0.1, -0.05) is 42.5 Å². The summed E-state index contributed by atoms with van der Waals surface area (Å²) in [5.74, 6) is -1.01. The first-order valence-corrected chi connectivity index (χ1v) is 11.8. The lowest BCUT2D eigenvalue weighted by atomic mass is 9.95. The van der Waals surface area contributed by atoms with Crippen molar-refractivity contribution in [3.8, 4) is 22.7 Å². The van der Waals surface area contributed by atoms with E-state index in [0.29, 0.717) is 38.3 Å².